The number of hydrogen-bond donors (Lipinski definition) is 1. The maximum atomic E-state index is 13.1. The molecule has 0 amide bonds. The van der Waals surface area contributed by atoms with Gasteiger partial charge in [0.05, 0.1) is 6.20 Å². The topological polar surface area (TPSA) is 59.4 Å². The van der Waals surface area contributed by atoms with Gasteiger partial charge in [-0.3, -0.25) is 0 Å². The molecule has 0 aliphatic carbocycles. The van der Waals surface area contributed by atoms with Crippen LogP contribution < -0.4 is 4.74 Å². The summed E-state index contributed by atoms with van der Waals surface area (Å²) in [5.74, 6) is -3.99. The fourth-order valence-corrected chi connectivity index (χ4v) is 1.53. The van der Waals surface area contributed by atoms with E-state index in [2.05, 4.69) is 25.7 Å². The molecule has 94 valence electrons. The Morgan fingerprint density at radius 3 is 2.53 bits per heavy atom. The maximum Gasteiger partial charge on any atom is 0.573 e. The number of carboxylic acids is 1. The zero-order chi connectivity index (χ0) is 13.2. The lowest BCUT2D eigenvalue weighted by Crippen LogP contribution is -2.21. The average Bonchev–Trinajstić information content (AvgIpc) is 2.15. The third-order valence-corrected chi connectivity index (χ3v) is 2.20. The zero-order valence-electron chi connectivity index (χ0n) is 7.89. The molecule has 0 spiro atoms. The molecule has 1 heterocycles. The van der Waals surface area contributed by atoms with Crippen LogP contribution in [0.3, 0.4) is 0 Å². The van der Waals surface area contributed by atoms with Gasteiger partial charge in [-0.2, -0.15) is 0 Å². The van der Waals surface area contributed by atoms with E-state index in [9.17, 15) is 22.4 Å². The first kappa shape index (κ1) is 13.7. The molecule has 0 aliphatic heterocycles. The highest BCUT2D eigenvalue weighted by Crippen LogP contribution is 2.32. The summed E-state index contributed by atoms with van der Waals surface area (Å²) in [5, 5.41) is 8.29. The Hall–Kier alpha value is -1.38. The lowest BCUT2D eigenvalue weighted by atomic mass is 10.2. The van der Waals surface area contributed by atoms with Crippen molar-refractivity contribution in [1.82, 2.24) is 4.98 Å². The number of halogens is 5. The number of carbonyl (C=O) groups is 1. The van der Waals surface area contributed by atoms with Crippen molar-refractivity contribution in [3.05, 3.63) is 23.3 Å². The summed E-state index contributed by atoms with van der Waals surface area (Å²) in [6, 6.07) is 0. The first-order valence-corrected chi connectivity index (χ1v) is 5.10. The van der Waals surface area contributed by atoms with Gasteiger partial charge in [0.25, 0.3) is 0 Å². The predicted molar refractivity (Wildman–Crippen MR) is 50.5 cm³/mol. The highest BCUT2D eigenvalue weighted by molar-refractivity contribution is 9.08. The van der Waals surface area contributed by atoms with Crippen molar-refractivity contribution in [1.29, 1.82) is 0 Å². The molecule has 1 rings (SSSR count). The number of carboxylic acid groups (broad SMARTS) is 1. The standard InChI is InChI=1S/C8H4BrF4NO3/c9-1-3-4(10)2-14-5(7(15)16)6(3)17-8(11,12)13/h2H,1H2,(H,15,16). The molecule has 0 unspecified atom stereocenters. The Balaban J connectivity index is 3.39. The van der Waals surface area contributed by atoms with Crippen LogP contribution in [0.4, 0.5) is 17.6 Å². The number of hydrogen-bond acceptors (Lipinski definition) is 3. The number of aromatic carboxylic acids is 1. The highest BCUT2D eigenvalue weighted by atomic mass is 79.9. The normalized spacial score (nSPS) is 11.4. The summed E-state index contributed by atoms with van der Waals surface area (Å²) in [6.45, 7) is 0. The lowest BCUT2D eigenvalue weighted by Gasteiger charge is -2.14. The van der Waals surface area contributed by atoms with Gasteiger partial charge in [-0.1, -0.05) is 15.9 Å². The number of alkyl halides is 4. The van der Waals surface area contributed by atoms with Crippen LogP contribution in [0.15, 0.2) is 6.20 Å². The first-order chi connectivity index (χ1) is 7.76. The van der Waals surface area contributed by atoms with Crippen molar-refractivity contribution < 1.29 is 32.2 Å². The van der Waals surface area contributed by atoms with E-state index >= 15 is 0 Å². The van der Waals surface area contributed by atoms with Gasteiger partial charge in [0, 0.05) is 10.9 Å². The molecule has 0 aliphatic rings. The van der Waals surface area contributed by atoms with Crippen LogP contribution in [0, 0.1) is 5.82 Å². The molecule has 1 aromatic rings. The number of pyridine rings is 1. The van der Waals surface area contributed by atoms with Crippen LogP contribution >= 0.6 is 15.9 Å². The summed E-state index contributed by atoms with van der Waals surface area (Å²) in [7, 11) is 0. The van der Waals surface area contributed by atoms with Gasteiger partial charge in [0.1, 0.15) is 5.82 Å². The van der Waals surface area contributed by atoms with Crippen LogP contribution in [0.1, 0.15) is 16.1 Å². The van der Waals surface area contributed by atoms with E-state index < -0.39 is 35.2 Å². The molecule has 0 saturated carbocycles. The van der Waals surface area contributed by atoms with Crippen molar-refractivity contribution in [2.75, 3.05) is 0 Å². The zero-order valence-corrected chi connectivity index (χ0v) is 9.47. The summed E-state index contributed by atoms with van der Waals surface area (Å²) >= 11 is 2.74. The van der Waals surface area contributed by atoms with Gasteiger partial charge in [0.2, 0.25) is 0 Å². The predicted octanol–water partition coefficient (Wildman–Crippen LogP) is 2.71. The summed E-state index contributed by atoms with van der Waals surface area (Å²) in [5.41, 5.74) is -1.56. The van der Waals surface area contributed by atoms with E-state index in [0.717, 1.165) is 0 Å². The molecule has 0 bridgehead atoms. The lowest BCUT2D eigenvalue weighted by molar-refractivity contribution is -0.275. The van der Waals surface area contributed by atoms with Gasteiger partial charge < -0.3 is 9.84 Å². The van der Waals surface area contributed by atoms with Crippen LogP contribution in [-0.2, 0) is 5.33 Å². The number of aromatic nitrogens is 1. The van der Waals surface area contributed by atoms with Crippen molar-refractivity contribution in [3.8, 4) is 5.75 Å². The summed E-state index contributed by atoms with van der Waals surface area (Å²) in [4.78, 5) is 13.7. The summed E-state index contributed by atoms with van der Waals surface area (Å²) in [6.07, 6.45) is -4.61. The third kappa shape index (κ3) is 3.29. The van der Waals surface area contributed by atoms with Crippen LogP contribution in [0.25, 0.3) is 0 Å². The Morgan fingerprint density at radius 1 is 1.53 bits per heavy atom. The van der Waals surface area contributed by atoms with E-state index in [1.807, 2.05) is 0 Å². The Morgan fingerprint density at radius 2 is 2.12 bits per heavy atom. The quantitative estimate of drug-likeness (QED) is 0.688. The molecule has 0 atom stereocenters. The van der Waals surface area contributed by atoms with E-state index in [0.29, 0.717) is 6.20 Å². The SMILES string of the molecule is O=C(O)c1ncc(F)c(CBr)c1OC(F)(F)F. The molecule has 17 heavy (non-hydrogen) atoms. The molecule has 1 aromatic heterocycles. The van der Waals surface area contributed by atoms with Gasteiger partial charge in [-0.25, -0.2) is 14.2 Å². The summed E-state index contributed by atoms with van der Waals surface area (Å²) < 4.78 is 52.8. The second kappa shape index (κ2) is 4.86. The van der Waals surface area contributed by atoms with Gasteiger partial charge in [-0.15, -0.1) is 13.2 Å². The Labute approximate surface area is 100 Å². The number of nitrogens with zero attached hydrogens (tertiary/aromatic N) is 1. The largest absolute Gasteiger partial charge is 0.573 e. The second-order valence-corrected chi connectivity index (χ2v) is 3.31. The van der Waals surface area contributed by atoms with Gasteiger partial charge >= 0.3 is 12.3 Å². The van der Waals surface area contributed by atoms with Crippen LogP contribution in [0.5, 0.6) is 5.75 Å². The van der Waals surface area contributed by atoms with Crippen molar-refractivity contribution in [2.24, 2.45) is 0 Å². The fraction of sp³-hybridized carbons (Fsp3) is 0.250. The molecule has 0 saturated heterocycles. The van der Waals surface area contributed by atoms with Crippen molar-refractivity contribution in [2.45, 2.75) is 11.7 Å². The molecule has 0 radical (unpaired) electrons. The highest BCUT2D eigenvalue weighted by Gasteiger charge is 2.35. The maximum absolute atomic E-state index is 13.1. The number of ether oxygens (including phenoxy) is 1. The van der Waals surface area contributed by atoms with E-state index in [1.54, 1.807) is 0 Å². The number of rotatable bonds is 3. The molecule has 1 N–H and O–H groups in total. The van der Waals surface area contributed by atoms with Crippen molar-refractivity contribution >= 4 is 21.9 Å². The van der Waals surface area contributed by atoms with Crippen molar-refractivity contribution in [3.63, 3.8) is 0 Å². The Kier molecular flexibility index (Phi) is 3.91. The van der Waals surface area contributed by atoms with Crippen LogP contribution in [0.2, 0.25) is 0 Å². The van der Waals surface area contributed by atoms with E-state index in [1.165, 1.54) is 0 Å². The molecular formula is C8H4BrF4NO3. The minimum atomic E-state index is -5.13. The fourth-order valence-electron chi connectivity index (χ4n) is 1.01. The monoisotopic (exact) mass is 317 g/mol. The first-order valence-electron chi connectivity index (χ1n) is 3.98. The van der Waals surface area contributed by atoms with Gasteiger partial charge in [0.15, 0.2) is 11.4 Å². The molecule has 4 nitrogen and oxygen atoms in total. The van der Waals surface area contributed by atoms with E-state index in [4.69, 9.17) is 5.11 Å². The minimum Gasteiger partial charge on any atom is -0.476 e. The molecule has 0 fully saturated rings. The molecule has 0 aromatic carbocycles. The second-order valence-electron chi connectivity index (χ2n) is 2.75. The Bertz CT molecular complexity index is 449. The van der Waals surface area contributed by atoms with Crippen LogP contribution in [-0.4, -0.2) is 22.4 Å². The van der Waals surface area contributed by atoms with E-state index in [-0.39, 0.29) is 5.33 Å². The molecule has 9 heteroatoms. The smallest absolute Gasteiger partial charge is 0.476 e. The third-order valence-electron chi connectivity index (χ3n) is 1.64. The average molecular weight is 318 g/mol. The van der Waals surface area contributed by atoms with Gasteiger partial charge in [-0.05, 0) is 0 Å². The molecular weight excluding hydrogens is 314 g/mol. The minimum absolute atomic E-state index is 0.340.